The third-order valence-corrected chi connectivity index (χ3v) is 4.95. The Balaban J connectivity index is 2.05. The van der Waals surface area contributed by atoms with E-state index in [-0.39, 0.29) is 5.69 Å². The average Bonchev–Trinajstić information content (AvgIpc) is 2.65. The lowest BCUT2D eigenvalue weighted by Crippen LogP contribution is -2.00. The zero-order valence-corrected chi connectivity index (χ0v) is 16.9. The van der Waals surface area contributed by atoms with Crippen molar-refractivity contribution in [1.29, 1.82) is 0 Å². The largest absolute Gasteiger partial charge is 0.257 e. The molecule has 2 aromatic carbocycles. The lowest BCUT2D eigenvalue weighted by Gasteiger charge is -2.19. The van der Waals surface area contributed by atoms with E-state index < -0.39 is 18.6 Å². The molecule has 27 heavy (non-hydrogen) atoms. The van der Waals surface area contributed by atoms with E-state index in [0.29, 0.717) is 11.4 Å². The number of aromatic nitrogens is 2. The van der Waals surface area contributed by atoms with Gasteiger partial charge < -0.3 is 0 Å². The summed E-state index contributed by atoms with van der Waals surface area (Å²) in [7, 11) is 0. The molecule has 1 heterocycles. The molecule has 0 atom stereocenters. The Morgan fingerprint density at radius 1 is 0.815 bits per heavy atom. The molecule has 0 saturated carbocycles. The molecule has 0 bridgehead atoms. The number of aryl methyl sites for hydroxylation is 2. The summed E-state index contributed by atoms with van der Waals surface area (Å²) < 4.78 is 39.8. The Morgan fingerprint density at radius 2 is 1.37 bits per heavy atom. The molecule has 0 spiro atoms. The second-order valence-corrected chi connectivity index (χ2v) is 7.46. The Morgan fingerprint density at radius 3 is 1.85 bits per heavy atom. The van der Waals surface area contributed by atoms with Gasteiger partial charge in [0.2, 0.25) is 0 Å². The van der Waals surface area contributed by atoms with E-state index in [0.717, 1.165) is 33.4 Å². The van der Waals surface area contributed by atoms with Crippen LogP contribution < -0.4 is 0 Å². The molecule has 1 aromatic heterocycles. The minimum atomic E-state index is -2.28. The first-order chi connectivity index (χ1) is 14.6. The SMILES string of the molecule is [2H]C([2H])([2H])c1ncc(-c2ccc(-c3cc(C([2H])(C)C)c(C)c(C([2H])(C)C)c3)cc2)nc1C. The van der Waals surface area contributed by atoms with Gasteiger partial charge in [-0.2, -0.15) is 0 Å². The van der Waals surface area contributed by atoms with E-state index in [9.17, 15) is 0 Å². The Bertz CT molecular complexity index is 1100. The van der Waals surface area contributed by atoms with Gasteiger partial charge in [0.05, 0.1) is 23.3 Å². The average molecular weight is 364 g/mol. The molecule has 0 aliphatic heterocycles. The van der Waals surface area contributed by atoms with E-state index in [2.05, 4.69) is 9.97 Å². The third kappa shape index (κ3) is 3.95. The fourth-order valence-electron chi connectivity index (χ4n) is 3.37. The highest BCUT2D eigenvalue weighted by Crippen LogP contribution is 2.33. The predicted octanol–water partition coefficient (Wildman–Crippen LogP) is 6.98. The molecule has 0 fully saturated rings. The second-order valence-electron chi connectivity index (χ2n) is 7.46. The van der Waals surface area contributed by atoms with Crippen molar-refractivity contribution < 1.29 is 6.85 Å². The maximum absolute atomic E-state index is 8.59. The smallest absolute Gasteiger partial charge is 0.0888 e. The number of nitrogens with zero attached hydrogens (tertiary/aromatic N) is 2. The molecular formula is C25H30N2. The van der Waals surface area contributed by atoms with E-state index in [1.165, 1.54) is 6.20 Å². The lowest BCUT2D eigenvalue weighted by atomic mass is 9.86. The lowest BCUT2D eigenvalue weighted by molar-refractivity contribution is 0.818. The van der Waals surface area contributed by atoms with Gasteiger partial charge in [-0.05, 0) is 60.3 Å². The molecule has 0 amide bonds. The van der Waals surface area contributed by atoms with Crippen molar-refractivity contribution in [2.45, 2.75) is 60.2 Å². The van der Waals surface area contributed by atoms with Crippen molar-refractivity contribution in [3.8, 4) is 22.4 Å². The van der Waals surface area contributed by atoms with Crippen molar-refractivity contribution in [1.82, 2.24) is 9.97 Å². The normalized spacial score (nSPS) is 15.4. The van der Waals surface area contributed by atoms with Crippen LogP contribution in [0.4, 0.5) is 0 Å². The Labute approximate surface area is 170 Å². The van der Waals surface area contributed by atoms with Gasteiger partial charge in [0.25, 0.3) is 0 Å². The summed E-state index contributed by atoms with van der Waals surface area (Å²) in [6.45, 7) is 8.85. The molecule has 140 valence electrons. The summed E-state index contributed by atoms with van der Waals surface area (Å²) in [5.41, 5.74) is 6.64. The first-order valence-corrected chi connectivity index (χ1v) is 9.19. The fraction of sp³-hybridized carbons (Fsp3) is 0.360. The molecule has 3 rings (SSSR count). The van der Waals surface area contributed by atoms with E-state index in [1.54, 1.807) is 6.92 Å². The summed E-state index contributed by atoms with van der Waals surface area (Å²) in [6, 6.07) is 11.9. The van der Waals surface area contributed by atoms with Crippen LogP contribution in [0.5, 0.6) is 0 Å². The van der Waals surface area contributed by atoms with Gasteiger partial charge >= 0.3 is 0 Å². The number of benzene rings is 2. The molecule has 0 saturated heterocycles. The molecule has 3 aromatic rings. The van der Waals surface area contributed by atoms with Crippen LogP contribution in [-0.2, 0) is 0 Å². The van der Waals surface area contributed by atoms with E-state index >= 15 is 0 Å². The van der Waals surface area contributed by atoms with Crippen LogP contribution in [0.1, 0.15) is 74.4 Å². The third-order valence-electron chi connectivity index (χ3n) is 4.95. The van der Waals surface area contributed by atoms with Crippen LogP contribution in [-0.4, -0.2) is 9.97 Å². The van der Waals surface area contributed by atoms with Gasteiger partial charge in [-0.3, -0.25) is 4.98 Å². The summed E-state index contributed by atoms with van der Waals surface area (Å²) in [5.74, 6) is -1.56. The van der Waals surface area contributed by atoms with E-state index in [1.807, 2.05) is 71.0 Å². The molecule has 0 unspecified atom stereocenters. The monoisotopic (exact) mass is 363 g/mol. The summed E-state index contributed by atoms with van der Waals surface area (Å²) in [4.78, 5) is 8.57. The fourth-order valence-corrected chi connectivity index (χ4v) is 3.37. The van der Waals surface area contributed by atoms with Gasteiger partial charge in [0.1, 0.15) is 0 Å². The van der Waals surface area contributed by atoms with Gasteiger partial charge in [0.15, 0.2) is 0 Å². The first kappa shape index (κ1) is 13.7. The maximum Gasteiger partial charge on any atom is 0.0888 e. The van der Waals surface area contributed by atoms with Crippen molar-refractivity contribution >= 4 is 0 Å². The number of hydrogen-bond acceptors (Lipinski definition) is 2. The zero-order valence-electron chi connectivity index (χ0n) is 21.9. The minimum absolute atomic E-state index is 0.0219. The highest BCUT2D eigenvalue weighted by Gasteiger charge is 2.13. The molecule has 0 aliphatic rings. The number of hydrogen-bond donors (Lipinski definition) is 0. The van der Waals surface area contributed by atoms with Crippen LogP contribution in [0.25, 0.3) is 22.4 Å². The van der Waals surface area contributed by atoms with E-state index in [4.69, 9.17) is 6.85 Å². The highest BCUT2D eigenvalue weighted by molar-refractivity contribution is 5.70. The van der Waals surface area contributed by atoms with Crippen LogP contribution >= 0.6 is 0 Å². The second kappa shape index (κ2) is 7.64. The predicted molar refractivity (Wildman–Crippen MR) is 115 cm³/mol. The zero-order chi connectivity index (χ0) is 24.1. The summed E-state index contributed by atoms with van der Waals surface area (Å²) >= 11 is 0. The molecule has 2 nitrogen and oxygen atoms in total. The van der Waals surface area contributed by atoms with Gasteiger partial charge in [-0.15, -0.1) is 0 Å². The summed E-state index contributed by atoms with van der Waals surface area (Å²) in [6.07, 6.45) is 1.50. The molecule has 2 heteroatoms. The van der Waals surface area contributed by atoms with Gasteiger partial charge in [-0.1, -0.05) is 64.1 Å². The topological polar surface area (TPSA) is 25.8 Å². The van der Waals surface area contributed by atoms with Crippen LogP contribution in [0.2, 0.25) is 0 Å². The van der Waals surface area contributed by atoms with Crippen LogP contribution in [0, 0.1) is 20.7 Å². The van der Waals surface area contributed by atoms with Crippen molar-refractivity contribution in [2.75, 3.05) is 0 Å². The Kier molecular flexibility index (Phi) is 3.86. The standard InChI is InChI=1S/C25H30N2/c1-15(2)23-12-22(13-24(16(3)4)17(23)5)20-8-10-21(11-9-20)25-14-26-18(6)19(7)27-25/h8-16H,1-7H3/i6D3,15D,16D. The maximum atomic E-state index is 8.59. The molecular weight excluding hydrogens is 328 g/mol. The van der Waals surface area contributed by atoms with Crippen LogP contribution in [0.3, 0.4) is 0 Å². The van der Waals surface area contributed by atoms with Crippen molar-refractivity contribution in [2.24, 2.45) is 0 Å². The van der Waals surface area contributed by atoms with Crippen molar-refractivity contribution in [3.63, 3.8) is 0 Å². The minimum Gasteiger partial charge on any atom is -0.257 e. The molecule has 0 aliphatic carbocycles. The molecule has 0 N–H and O–H groups in total. The number of rotatable bonds is 4. The van der Waals surface area contributed by atoms with Crippen molar-refractivity contribution in [3.05, 3.63) is 70.7 Å². The summed E-state index contributed by atoms with van der Waals surface area (Å²) in [5, 5.41) is 0. The molecule has 0 radical (unpaired) electrons. The first-order valence-electron chi connectivity index (χ1n) is 11.7. The quantitative estimate of drug-likeness (QED) is 0.499. The highest BCUT2D eigenvalue weighted by atomic mass is 14.8. The van der Waals surface area contributed by atoms with Gasteiger partial charge in [0, 0.05) is 12.4 Å². The van der Waals surface area contributed by atoms with Crippen LogP contribution in [0.15, 0.2) is 42.6 Å². The Hall–Kier alpha value is -2.48. The van der Waals surface area contributed by atoms with Gasteiger partial charge in [-0.25, -0.2) is 4.98 Å².